The molecule has 1 amide bonds. The molecule has 0 saturated carbocycles. The number of methoxy groups -OCH3 is 1. The first-order chi connectivity index (χ1) is 13.3. The predicted molar refractivity (Wildman–Crippen MR) is 118 cm³/mol. The van der Waals surface area contributed by atoms with Crippen LogP contribution >= 0.6 is 0 Å². The lowest BCUT2D eigenvalue weighted by molar-refractivity contribution is 0.0952. The highest BCUT2D eigenvalue weighted by atomic mass is 16.5. The molecule has 5 nitrogen and oxygen atoms in total. The Morgan fingerprint density at radius 3 is 2.07 bits per heavy atom. The van der Waals surface area contributed by atoms with Gasteiger partial charge in [0, 0.05) is 11.1 Å². The second kappa shape index (κ2) is 8.27. The van der Waals surface area contributed by atoms with E-state index in [2.05, 4.69) is 52.1 Å². The van der Waals surface area contributed by atoms with Crippen molar-refractivity contribution in [2.45, 2.75) is 59.3 Å². The number of hydrogen-bond acceptors (Lipinski definition) is 4. The quantitative estimate of drug-likeness (QED) is 0.560. The minimum Gasteiger partial charge on any atom is -0.507 e. The van der Waals surface area contributed by atoms with Gasteiger partial charge in [0.25, 0.3) is 5.91 Å². The van der Waals surface area contributed by atoms with Crippen molar-refractivity contribution in [2.24, 2.45) is 5.10 Å². The summed E-state index contributed by atoms with van der Waals surface area (Å²) in [4.78, 5) is 12.5. The number of rotatable bonds is 4. The maximum Gasteiger partial charge on any atom is 0.275 e. The number of phenols is 1. The van der Waals surface area contributed by atoms with E-state index < -0.39 is 0 Å². The van der Waals surface area contributed by atoms with E-state index >= 15 is 0 Å². The van der Waals surface area contributed by atoms with Crippen LogP contribution < -0.4 is 10.2 Å². The van der Waals surface area contributed by atoms with Gasteiger partial charge in [-0.05, 0) is 53.1 Å². The fourth-order valence-electron chi connectivity index (χ4n) is 3.09. The number of benzene rings is 2. The predicted octanol–water partition coefficient (Wildman–Crippen LogP) is 5.07. The van der Waals surface area contributed by atoms with Crippen molar-refractivity contribution in [3.63, 3.8) is 0 Å². The van der Waals surface area contributed by atoms with Gasteiger partial charge in [0.05, 0.1) is 18.9 Å². The standard InChI is InChI=1S/C24H32N2O3/c1-15-9-10-17(20(11-15)29-8)22(28)26-25-14-16-12-18(23(2,3)4)21(27)19(13-16)24(5,6)7/h9-14,27H,1-8H3,(H,26,28). The number of phenolic OH excluding ortho intramolecular Hbond substituents is 1. The maximum absolute atomic E-state index is 12.5. The average Bonchev–Trinajstić information content (AvgIpc) is 2.60. The van der Waals surface area contributed by atoms with Crippen LogP contribution in [0.2, 0.25) is 0 Å². The molecule has 0 aromatic heterocycles. The zero-order chi connectivity index (χ0) is 22.0. The smallest absolute Gasteiger partial charge is 0.275 e. The van der Waals surface area contributed by atoms with Crippen molar-refractivity contribution < 1.29 is 14.6 Å². The van der Waals surface area contributed by atoms with E-state index in [0.29, 0.717) is 17.1 Å². The minimum atomic E-state index is -0.344. The van der Waals surface area contributed by atoms with Crippen LogP contribution in [0.25, 0.3) is 0 Å². The van der Waals surface area contributed by atoms with Gasteiger partial charge in [-0.1, -0.05) is 47.6 Å². The number of aromatic hydroxyl groups is 1. The van der Waals surface area contributed by atoms with Crippen LogP contribution in [0.3, 0.4) is 0 Å². The zero-order valence-electron chi connectivity index (χ0n) is 18.7. The molecule has 0 aliphatic heterocycles. The topological polar surface area (TPSA) is 70.9 Å². The third-order valence-corrected chi connectivity index (χ3v) is 4.73. The Labute approximate surface area is 173 Å². The number of amides is 1. The molecule has 2 aromatic carbocycles. The SMILES string of the molecule is COc1cc(C)ccc1C(=O)NN=Cc1cc(C(C)(C)C)c(O)c(C(C)(C)C)c1. The minimum absolute atomic E-state index is 0.230. The molecule has 0 aliphatic rings. The van der Waals surface area contributed by atoms with Gasteiger partial charge < -0.3 is 9.84 Å². The molecule has 0 fully saturated rings. The lowest BCUT2D eigenvalue weighted by Crippen LogP contribution is -2.19. The normalized spacial score (nSPS) is 12.3. The molecule has 0 heterocycles. The van der Waals surface area contributed by atoms with E-state index in [0.717, 1.165) is 22.3 Å². The molecule has 2 N–H and O–H groups in total. The van der Waals surface area contributed by atoms with Gasteiger partial charge in [-0.3, -0.25) is 4.79 Å². The summed E-state index contributed by atoms with van der Waals surface area (Å²) in [5.41, 5.74) is 6.04. The highest BCUT2D eigenvalue weighted by Gasteiger charge is 2.26. The summed E-state index contributed by atoms with van der Waals surface area (Å²) in [5.74, 6) is 0.479. The molecule has 5 heteroatoms. The zero-order valence-corrected chi connectivity index (χ0v) is 18.7. The molecular formula is C24H32N2O3. The van der Waals surface area contributed by atoms with Gasteiger partial charge in [0.1, 0.15) is 11.5 Å². The third-order valence-electron chi connectivity index (χ3n) is 4.73. The Hall–Kier alpha value is -2.82. The molecule has 0 saturated heterocycles. The van der Waals surface area contributed by atoms with Gasteiger partial charge in [-0.15, -0.1) is 0 Å². The van der Waals surface area contributed by atoms with Crippen molar-refractivity contribution in [1.82, 2.24) is 5.43 Å². The van der Waals surface area contributed by atoms with Gasteiger partial charge in [-0.25, -0.2) is 5.43 Å². The van der Waals surface area contributed by atoms with Crippen LogP contribution in [0.15, 0.2) is 35.4 Å². The number of carbonyl (C=O) groups excluding carboxylic acids is 1. The van der Waals surface area contributed by atoms with E-state index in [1.807, 2.05) is 31.2 Å². The molecule has 0 bridgehead atoms. The molecule has 0 aliphatic carbocycles. The van der Waals surface area contributed by atoms with Crippen LogP contribution in [0.5, 0.6) is 11.5 Å². The Bertz CT molecular complexity index is 897. The molecule has 0 radical (unpaired) electrons. The van der Waals surface area contributed by atoms with Gasteiger partial charge in [0.2, 0.25) is 0 Å². The summed E-state index contributed by atoms with van der Waals surface area (Å²) >= 11 is 0. The van der Waals surface area contributed by atoms with Gasteiger partial charge in [0.15, 0.2) is 0 Å². The molecule has 0 atom stereocenters. The monoisotopic (exact) mass is 396 g/mol. The third kappa shape index (κ3) is 5.37. The first-order valence-electron chi connectivity index (χ1n) is 9.70. The van der Waals surface area contributed by atoms with Crippen LogP contribution in [0, 0.1) is 6.92 Å². The Kier molecular flexibility index (Phi) is 6.41. The number of hydrogen-bond donors (Lipinski definition) is 2. The lowest BCUT2D eigenvalue weighted by Gasteiger charge is -2.27. The summed E-state index contributed by atoms with van der Waals surface area (Å²) < 4.78 is 5.29. The summed E-state index contributed by atoms with van der Waals surface area (Å²) in [5, 5.41) is 14.9. The molecule has 156 valence electrons. The van der Waals surface area contributed by atoms with Crippen molar-refractivity contribution in [1.29, 1.82) is 0 Å². The van der Waals surface area contributed by atoms with E-state index in [1.54, 1.807) is 12.3 Å². The van der Waals surface area contributed by atoms with E-state index in [1.165, 1.54) is 7.11 Å². The fourth-order valence-corrected chi connectivity index (χ4v) is 3.09. The molecule has 2 rings (SSSR count). The summed E-state index contributed by atoms with van der Waals surface area (Å²) in [6.07, 6.45) is 1.60. The fraction of sp³-hybridized carbons (Fsp3) is 0.417. The molecule has 29 heavy (non-hydrogen) atoms. The Morgan fingerprint density at radius 1 is 1.03 bits per heavy atom. The van der Waals surface area contributed by atoms with E-state index in [9.17, 15) is 9.90 Å². The van der Waals surface area contributed by atoms with Gasteiger partial charge >= 0.3 is 0 Å². The second-order valence-corrected chi connectivity index (χ2v) is 9.37. The van der Waals surface area contributed by atoms with Crippen LogP contribution in [0.4, 0.5) is 0 Å². The van der Waals surface area contributed by atoms with Crippen LogP contribution in [-0.2, 0) is 10.8 Å². The summed E-state index contributed by atoms with van der Waals surface area (Å²) in [7, 11) is 1.54. The van der Waals surface area contributed by atoms with Crippen molar-refractivity contribution in [2.75, 3.05) is 7.11 Å². The van der Waals surface area contributed by atoms with Crippen molar-refractivity contribution in [3.8, 4) is 11.5 Å². The Morgan fingerprint density at radius 2 is 1.59 bits per heavy atom. The second-order valence-electron chi connectivity index (χ2n) is 9.37. The number of hydrazone groups is 1. The summed E-state index contributed by atoms with van der Waals surface area (Å²) in [6.45, 7) is 14.3. The molecule has 0 unspecified atom stereocenters. The molecular weight excluding hydrogens is 364 g/mol. The highest BCUT2D eigenvalue weighted by Crippen LogP contribution is 2.39. The lowest BCUT2D eigenvalue weighted by atomic mass is 9.78. The van der Waals surface area contributed by atoms with Gasteiger partial charge in [-0.2, -0.15) is 5.10 Å². The summed E-state index contributed by atoms with van der Waals surface area (Å²) in [6, 6.07) is 9.20. The largest absolute Gasteiger partial charge is 0.507 e. The number of carbonyl (C=O) groups is 1. The van der Waals surface area contributed by atoms with E-state index in [-0.39, 0.29) is 16.7 Å². The van der Waals surface area contributed by atoms with E-state index in [4.69, 9.17) is 4.74 Å². The first-order valence-corrected chi connectivity index (χ1v) is 9.70. The number of aryl methyl sites for hydroxylation is 1. The van der Waals surface area contributed by atoms with Crippen LogP contribution in [0.1, 0.15) is 74.2 Å². The maximum atomic E-state index is 12.5. The molecule has 0 spiro atoms. The average molecular weight is 397 g/mol. The number of nitrogens with zero attached hydrogens (tertiary/aromatic N) is 1. The highest BCUT2D eigenvalue weighted by molar-refractivity contribution is 5.97. The molecule has 2 aromatic rings. The van der Waals surface area contributed by atoms with Crippen molar-refractivity contribution in [3.05, 3.63) is 58.1 Å². The number of ether oxygens (including phenoxy) is 1. The first kappa shape index (κ1) is 22.5. The number of nitrogens with one attached hydrogen (secondary N) is 1. The Balaban J connectivity index is 2.34. The van der Waals surface area contributed by atoms with Crippen LogP contribution in [-0.4, -0.2) is 24.3 Å². The van der Waals surface area contributed by atoms with Crippen molar-refractivity contribution >= 4 is 12.1 Å².